The smallest absolute Gasteiger partial charge is 0.255 e. The van der Waals surface area contributed by atoms with Crippen LogP contribution in [0.2, 0.25) is 5.02 Å². The van der Waals surface area contributed by atoms with Gasteiger partial charge in [-0.15, -0.1) is 0 Å². The fourth-order valence-electron chi connectivity index (χ4n) is 4.69. The fourth-order valence-corrected chi connectivity index (χ4v) is 6.48. The third kappa shape index (κ3) is 6.60. The van der Waals surface area contributed by atoms with Crippen molar-refractivity contribution in [2.45, 2.75) is 31.1 Å². The lowest BCUT2D eigenvalue weighted by atomic mass is 10.0. The normalized spacial score (nSPS) is 13.5. The zero-order valence-corrected chi connectivity index (χ0v) is 25.4. The molecule has 5 rings (SSSR count). The van der Waals surface area contributed by atoms with Crippen molar-refractivity contribution in [3.05, 3.63) is 86.1 Å². The van der Waals surface area contributed by atoms with Crippen molar-refractivity contribution in [3.63, 3.8) is 0 Å². The molecule has 1 heterocycles. The number of fused-ring (bicyclic) bond motifs is 1. The van der Waals surface area contributed by atoms with Gasteiger partial charge in [0.25, 0.3) is 5.91 Å². The summed E-state index contributed by atoms with van der Waals surface area (Å²) in [6.45, 7) is 0.262. The van der Waals surface area contributed by atoms with Gasteiger partial charge in [0.2, 0.25) is 10.0 Å². The van der Waals surface area contributed by atoms with Gasteiger partial charge in [0.05, 0.1) is 28.6 Å². The summed E-state index contributed by atoms with van der Waals surface area (Å²) in [5.41, 5.74) is 3.48. The molecule has 41 heavy (non-hydrogen) atoms. The molecule has 0 unspecified atom stereocenters. The van der Waals surface area contributed by atoms with Gasteiger partial charge in [-0.3, -0.25) is 9.52 Å². The van der Waals surface area contributed by atoms with Crippen LogP contribution in [0, 0.1) is 5.82 Å². The van der Waals surface area contributed by atoms with Gasteiger partial charge in [-0.05, 0) is 87.8 Å². The van der Waals surface area contributed by atoms with Crippen molar-refractivity contribution in [2.75, 3.05) is 25.7 Å². The van der Waals surface area contributed by atoms with Gasteiger partial charge in [0.15, 0.2) is 0 Å². The largest absolute Gasteiger partial charge is 0.455 e. The Morgan fingerprint density at radius 3 is 2.56 bits per heavy atom. The third-order valence-electron chi connectivity index (χ3n) is 6.68. The maximum absolute atomic E-state index is 13.6. The minimum Gasteiger partial charge on any atom is -0.455 e. The Morgan fingerprint density at radius 1 is 1.17 bits per heavy atom. The number of carbonyl (C=O) groups excluding carboxylic acids is 1. The van der Waals surface area contributed by atoms with E-state index in [0.717, 1.165) is 18.4 Å². The fraction of sp³-hybridized carbons (Fsp3) is 0.276. The number of ether oxygens (including phenoxy) is 2. The lowest BCUT2D eigenvalue weighted by molar-refractivity contribution is -0.0392. The highest BCUT2D eigenvalue weighted by molar-refractivity contribution is 9.10. The van der Waals surface area contributed by atoms with E-state index in [1.165, 1.54) is 38.4 Å². The third-order valence-corrected chi connectivity index (χ3v) is 9.39. The van der Waals surface area contributed by atoms with Crippen molar-refractivity contribution in [1.29, 1.82) is 0 Å². The molecular formula is C29H27BrClFN2O6S. The molecule has 1 aliphatic rings. The second kappa shape index (κ2) is 12.1. The summed E-state index contributed by atoms with van der Waals surface area (Å²) in [4.78, 5) is 12.9. The summed E-state index contributed by atoms with van der Waals surface area (Å²) in [6.07, 6.45) is 1.79. The van der Waals surface area contributed by atoms with Crippen LogP contribution < -0.4 is 10.0 Å². The molecule has 12 heteroatoms. The minimum atomic E-state index is -3.89. The summed E-state index contributed by atoms with van der Waals surface area (Å²) in [6, 6.07) is 12.4. The first kappa shape index (κ1) is 29.5. The van der Waals surface area contributed by atoms with Crippen molar-refractivity contribution >= 4 is 60.1 Å². The molecule has 4 aromatic rings. The second-order valence-corrected chi connectivity index (χ2v) is 12.7. The molecule has 216 valence electrons. The Balaban J connectivity index is 1.52. The molecule has 1 amide bonds. The van der Waals surface area contributed by atoms with E-state index in [0.29, 0.717) is 48.4 Å². The molecule has 0 radical (unpaired) electrons. The Labute approximate surface area is 250 Å². The quantitative estimate of drug-likeness (QED) is 0.133. The number of hydrogen-bond acceptors (Lipinski definition) is 6. The average Bonchev–Trinajstić information content (AvgIpc) is 3.71. The highest BCUT2D eigenvalue weighted by atomic mass is 79.9. The van der Waals surface area contributed by atoms with E-state index < -0.39 is 15.8 Å². The Bertz CT molecular complexity index is 1720. The van der Waals surface area contributed by atoms with Crippen molar-refractivity contribution < 1.29 is 31.5 Å². The molecule has 1 saturated carbocycles. The number of carbonyl (C=O) groups is 1. The van der Waals surface area contributed by atoms with E-state index in [1.54, 1.807) is 18.2 Å². The average molecular weight is 666 g/mol. The van der Waals surface area contributed by atoms with Crippen LogP contribution in [-0.4, -0.2) is 35.3 Å². The highest BCUT2D eigenvalue weighted by Gasteiger charge is 2.31. The number of anilines is 1. The standard InChI is InChI=1S/C29H27BrClFN2O6S/c1-33-29(35)26-22-11-21(17-3-4-17)24(12-25(22)40-28(26)18-5-7-20(32)8-6-18)34-41(36,37)14-16-9-19(13-39-15-38-2)27(30)23(31)10-16/h5-12,17,34H,3-4,13-15H2,1-2H3,(H,33,35). The maximum Gasteiger partial charge on any atom is 0.255 e. The summed E-state index contributed by atoms with van der Waals surface area (Å²) in [5.74, 6) is -0.697. The second-order valence-electron chi connectivity index (χ2n) is 9.77. The topological polar surface area (TPSA) is 107 Å². The Kier molecular flexibility index (Phi) is 8.72. The van der Waals surface area contributed by atoms with Gasteiger partial charge in [0, 0.05) is 35.6 Å². The number of nitrogens with one attached hydrogen (secondary N) is 2. The van der Waals surface area contributed by atoms with Crippen molar-refractivity contribution in [2.24, 2.45) is 0 Å². The first-order valence-electron chi connectivity index (χ1n) is 12.7. The van der Waals surface area contributed by atoms with Crippen LogP contribution in [0.5, 0.6) is 0 Å². The van der Waals surface area contributed by atoms with E-state index in [4.69, 9.17) is 25.5 Å². The molecule has 0 saturated heterocycles. The lowest BCUT2D eigenvalue weighted by Crippen LogP contribution is -2.18. The van der Waals surface area contributed by atoms with Crippen LogP contribution in [0.1, 0.15) is 45.8 Å². The molecule has 0 bridgehead atoms. The zero-order chi connectivity index (χ0) is 29.3. The predicted octanol–water partition coefficient (Wildman–Crippen LogP) is 6.95. The molecule has 1 fully saturated rings. The summed E-state index contributed by atoms with van der Waals surface area (Å²) < 4.78 is 60.2. The Morgan fingerprint density at radius 2 is 1.90 bits per heavy atom. The van der Waals surface area contributed by atoms with Gasteiger partial charge < -0.3 is 19.2 Å². The SMILES string of the molecule is CNC(=O)c1c(-c2ccc(F)cc2)oc2cc(NS(=O)(=O)Cc3cc(Cl)c(Br)c(COCOC)c3)c(C3CC3)cc12. The number of benzene rings is 3. The number of amides is 1. The molecule has 2 N–H and O–H groups in total. The molecule has 8 nitrogen and oxygen atoms in total. The number of sulfonamides is 1. The predicted molar refractivity (Wildman–Crippen MR) is 159 cm³/mol. The van der Waals surface area contributed by atoms with Gasteiger partial charge in [0.1, 0.15) is 24.0 Å². The van der Waals surface area contributed by atoms with Gasteiger partial charge >= 0.3 is 0 Å². The zero-order valence-electron chi connectivity index (χ0n) is 22.2. The van der Waals surface area contributed by atoms with Crippen molar-refractivity contribution in [3.8, 4) is 11.3 Å². The number of furan rings is 1. The Hall–Kier alpha value is -2.96. The summed E-state index contributed by atoms with van der Waals surface area (Å²) in [7, 11) is -0.863. The minimum absolute atomic E-state index is 0.0812. The van der Waals surface area contributed by atoms with Crippen LogP contribution >= 0.6 is 27.5 Å². The van der Waals surface area contributed by atoms with Crippen molar-refractivity contribution in [1.82, 2.24) is 5.32 Å². The number of hydrogen-bond donors (Lipinski definition) is 2. The molecule has 0 atom stereocenters. The van der Waals surface area contributed by atoms with E-state index in [2.05, 4.69) is 26.0 Å². The molecule has 0 aliphatic heterocycles. The van der Waals surface area contributed by atoms with Crippen LogP contribution in [0.4, 0.5) is 10.1 Å². The van der Waals surface area contributed by atoms with Gasteiger partial charge in [-0.1, -0.05) is 17.7 Å². The van der Waals surface area contributed by atoms with E-state index in [9.17, 15) is 17.6 Å². The molecular weight excluding hydrogens is 639 g/mol. The van der Waals surface area contributed by atoms with Crippen LogP contribution in [-0.2, 0) is 31.9 Å². The molecule has 1 aromatic heterocycles. The number of rotatable bonds is 11. The first-order chi connectivity index (χ1) is 19.6. The summed E-state index contributed by atoms with van der Waals surface area (Å²) in [5, 5.41) is 3.55. The molecule has 0 spiro atoms. The molecule has 3 aromatic carbocycles. The van der Waals surface area contributed by atoms with Crippen LogP contribution in [0.3, 0.4) is 0 Å². The van der Waals surface area contributed by atoms with Gasteiger partial charge in [-0.2, -0.15) is 0 Å². The van der Waals surface area contributed by atoms with Gasteiger partial charge in [-0.25, -0.2) is 12.8 Å². The van der Waals surface area contributed by atoms with E-state index in [1.807, 2.05) is 6.07 Å². The molecule has 1 aliphatic carbocycles. The number of halogens is 3. The lowest BCUT2D eigenvalue weighted by Gasteiger charge is -2.14. The van der Waals surface area contributed by atoms with Crippen LogP contribution in [0.25, 0.3) is 22.3 Å². The first-order valence-corrected chi connectivity index (χ1v) is 15.5. The monoisotopic (exact) mass is 664 g/mol. The maximum atomic E-state index is 13.6. The van der Waals surface area contributed by atoms with E-state index >= 15 is 0 Å². The van der Waals surface area contributed by atoms with E-state index in [-0.39, 0.29) is 36.7 Å². The highest BCUT2D eigenvalue weighted by Crippen LogP contribution is 2.47. The number of methoxy groups -OCH3 is 1. The van der Waals surface area contributed by atoms with Crippen LogP contribution in [0.15, 0.2) is 57.4 Å². The summed E-state index contributed by atoms with van der Waals surface area (Å²) >= 11 is 9.78.